The molecule has 0 saturated carbocycles. The molecule has 2 aliphatic rings. The van der Waals surface area contributed by atoms with Crippen molar-refractivity contribution in [1.82, 2.24) is 25.2 Å². The highest BCUT2D eigenvalue weighted by molar-refractivity contribution is 5.99. The van der Waals surface area contributed by atoms with Gasteiger partial charge in [0.05, 0.1) is 6.04 Å². The number of benzene rings is 1. The zero-order chi connectivity index (χ0) is 18.3. The van der Waals surface area contributed by atoms with Crippen molar-refractivity contribution in [2.24, 2.45) is 4.99 Å². The minimum absolute atomic E-state index is 0.0231. The Morgan fingerprint density at radius 1 is 1.38 bits per heavy atom. The van der Waals surface area contributed by atoms with Crippen LogP contribution in [-0.4, -0.2) is 44.5 Å². The molecule has 132 valence electrons. The number of rotatable bonds is 2. The van der Waals surface area contributed by atoms with Crippen molar-refractivity contribution in [3.8, 4) is 0 Å². The van der Waals surface area contributed by atoms with Gasteiger partial charge >= 0.3 is 0 Å². The number of hydrogen-bond acceptors (Lipinski definition) is 7. The molecule has 0 bridgehead atoms. The van der Waals surface area contributed by atoms with Crippen LogP contribution < -0.4 is 11.2 Å². The maximum absolute atomic E-state index is 12.6. The van der Waals surface area contributed by atoms with E-state index < -0.39 is 0 Å². The van der Waals surface area contributed by atoms with Gasteiger partial charge in [0.15, 0.2) is 0 Å². The smallest absolute Gasteiger partial charge is 0.281 e. The van der Waals surface area contributed by atoms with Gasteiger partial charge in [-0.2, -0.15) is 9.67 Å². The minimum Gasteiger partial charge on any atom is -0.368 e. The first-order valence-electron chi connectivity index (χ1n) is 8.30. The number of nitrogens with two attached hydrogens (primary N) is 1. The van der Waals surface area contributed by atoms with E-state index in [0.717, 1.165) is 16.0 Å². The summed E-state index contributed by atoms with van der Waals surface area (Å²) in [5.74, 6) is -0.120. The number of aromatic nitrogens is 3. The number of allylic oxidation sites excluding steroid dienone is 1. The predicted octanol–water partition coefficient (Wildman–Crippen LogP) is 1.59. The van der Waals surface area contributed by atoms with Crippen molar-refractivity contribution in [2.45, 2.75) is 19.4 Å². The number of hydrazine groups is 1. The van der Waals surface area contributed by atoms with E-state index in [4.69, 9.17) is 5.73 Å². The second-order valence-electron chi connectivity index (χ2n) is 6.42. The molecule has 0 spiro atoms. The normalized spacial score (nSPS) is 20.4. The third-order valence-corrected chi connectivity index (χ3v) is 4.31. The van der Waals surface area contributed by atoms with Gasteiger partial charge in [-0.25, -0.2) is 10.4 Å². The molecule has 0 saturated heterocycles. The predicted molar refractivity (Wildman–Crippen MR) is 99.0 cm³/mol. The van der Waals surface area contributed by atoms with Crippen molar-refractivity contribution in [2.75, 3.05) is 12.8 Å². The Bertz CT molecular complexity index is 970. The van der Waals surface area contributed by atoms with Crippen LogP contribution in [0.4, 0.5) is 11.9 Å². The molecule has 2 aromatic rings. The quantitative estimate of drug-likeness (QED) is 0.854. The molecule has 1 aromatic heterocycles. The molecule has 8 heteroatoms. The summed E-state index contributed by atoms with van der Waals surface area (Å²) in [6.07, 6.45) is 6.71. The van der Waals surface area contributed by atoms with Crippen LogP contribution in [0.2, 0.25) is 0 Å². The number of fused-ring (bicyclic) bond motifs is 1. The van der Waals surface area contributed by atoms with Gasteiger partial charge in [-0.3, -0.25) is 4.79 Å². The fourth-order valence-electron chi connectivity index (χ4n) is 3.08. The maximum atomic E-state index is 12.6. The molecule has 8 nitrogen and oxygen atoms in total. The number of aliphatic imine (C=N–C) groups is 1. The highest BCUT2D eigenvalue weighted by atomic mass is 16.2. The summed E-state index contributed by atoms with van der Waals surface area (Å²) in [5.41, 5.74) is 12.7. The molecule has 1 aromatic carbocycles. The number of nitrogens with zero attached hydrogens (tertiary/aromatic N) is 5. The Hall–Kier alpha value is -3.26. The third kappa shape index (κ3) is 3.02. The van der Waals surface area contributed by atoms with Gasteiger partial charge in [0.25, 0.3) is 11.9 Å². The Balaban J connectivity index is 1.59. The summed E-state index contributed by atoms with van der Waals surface area (Å²) >= 11 is 0. The van der Waals surface area contributed by atoms with Gasteiger partial charge in [-0.05, 0) is 30.7 Å². The fraction of sp³-hybridized carbons (Fsp3) is 0.222. The van der Waals surface area contributed by atoms with Crippen LogP contribution in [0.15, 0.2) is 53.2 Å². The van der Waals surface area contributed by atoms with Crippen molar-refractivity contribution < 1.29 is 4.79 Å². The number of carbonyl (C=O) groups is 1. The Labute approximate surface area is 150 Å². The summed E-state index contributed by atoms with van der Waals surface area (Å²) in [6.45, 7) is 1.92. The molecule has 0 amide bonds. The number of anilines is 1. The summed E-state index contributed by atoms with van der Waals surface area (Å²) in [5, 5.41) is 6.10. The first kappa shape index (κ1) is 16.2. The molecule has 1 atom stereocenters. The molecule has 0 fully saturated rings. The van der Waals surface area contributed by atoms with Crippen molar-refractivity contribution in [1.29, 1.82) is 0 Å². The molecule has 4 rings (SSSR count). The average molecular weight is 349 g/mol. The molecular formula is C18H19N7O. The SMILES string of the molecule is Cc1cccc(C(=O)n2nc(N=C3C=CC4=CN(C)NC4C3)nc2N)c1. The van der Waals surface area contributed by atoms with Crippen LogP contribution in [0.1, 0.15) is 22.3 Å². The third-order valence-electron chi connectivity index (χ3n) is 4.31. The lowest BCUT2D eigenvalue weighted by molar-refractivity contribution is 0.0948. The topological polar surface area (TPSA) is 101 Å². The van der Waals surface area contributed by atoms with E-state index in [-0.39, 0.29) is 23.8 Å². The largest absolute Gasteiger partial charge is 0.368 e. The zero-order valence-corrected chi connectivity index (χ0v) is 14.5. The van der Waals surface area contributed by atoms with Gasteiger partial charge in [-0.15, -0.1) is 5.10 Å². The second kappa shape index (κ2) is 6.23. The average Bonchev–Trinajstić information content (AvgIpc) is 3.15. The van der Waals surface area contributed by atoms with Crippen molar-refractivity contribution in [3.05, 3.63) is 59.3 Å². The Morgan fingerprint density at radius 3 is 3.04 bits per heavy atom. The number of hydrogen-bond donors (Lipinski definition) is 2. The number of carbonyl (C=O) groups excluding carboxylic acids is 1. The summed E-state index contributed by atoms with van der Waals surface area (Å²) in [7, 11) is 1.96. The van der Waals surface area contributed by atoms with Gasteiger partial charge in [0, 0.05) is 30.9 Å². The van der Waals surface area contributed by atoms with Crippen LogP contribution in [0.5, 0.6) is 0 Å². The van der Waals surface area contributed by atoms with E-state index in [1.807, 2.05) is 49.5 Å². The summed E-state index contributed by atoms with van der Waals surface area (Å²) in [6, 6.07) is 7.44. The van der Waals surface area contributed by atoms with Gasteiger partial charge < -0.3 is 10.7 Å². The summed E-state index contributed by atoms with van der Waals surface area (Å²) < 4.78 is 1.09. The van der Waals surface area contributed by atoms with E-state index in [2.05, 4.69) is 20.5 Å². The lowest BCUT2D eigenvalue weighted by Crippen LogP contribution is -2.35. The maximum Gasteiger partial charge on any atom is 0.281 e. The fourth-order valence-corrected chi connectivity index (χ4v) is 3.08. The van der Waals surface area contributed by atoms with E-state index in [1.54, 1.807) is 12.1 Å². The van der Waals surface area contributed by atoms with E-state index >= 15 is 0 Å². The first-order valence-corrected chi connectivity index (χ1v) is 8.30. The van der Waals surface area contributed by atoms with Crippen LogP contribution in [-0.2, 0) is 0 Å². The summed E-state index contributed by atoms with van der Waals surface area (Å²) in [4.78, 5) is 21.2. The molecular weight excluding hydrogens is 330 g/mol. The van der Waals surface area contributed by atoms with Gasteiger partial charge in [-0.1, -0.05) is 23.8 Å². The number of aryl methyl sites for hydroxylation is 1. The van der Waals surface area contributed by atoms with E-state index in [1.165, 1.54) is 5.57 Å². The van der Waals surface area contributed by atoms with E-state index in [0.29, 0.717) is 12.0 Å². The molecule has 0 radical (unpaired) electrons. The van der Waals surface area contributed by atoms with Crippen molar-refractivity contribution in [3.63, 3.8) is 0 Å². The minimum atomic E-state index is -0.325. The molecule has 2 heterocycles. The van der Waals surface area contributed by atoms with Crippen LogP contribution in [0.3, 0.4) is 0 Å². The van der Waals surface area contributed by atoms with Gasteiger partial charge in [0.2, 0.25) is 5.95 Å². The Morgan fingerprint density at radius 2 is 2.23 bits per heavy atom. The molecule has 26 heavy (non-hydrogen) atoms. The zero-order valence-electron chi connectivity index (χ0n) is 14.5. The molecule has 3 N–H and O–H groups in total. The molecule has 1 unspecified atom stereocenters. The molecule has 1 aliphatic heterocycles. The van der Waals surface area contributed by atoms with Gasteiger partial charge in [0.1, 0.15) is 0 Å². The lowest BCUT2D eigenvalue weighted by atomic mass is 9.97. The highest BCUT2D eigenvalue weighted by Gasteiger charge is 2.25. The van der Waals surface area contributed by atoms with Crippen LogP contribution >= 0.6 is 0 Å². The van der Waals surface area contributed by atoms with Crippen molar-refractivity contribution >= 4 is 23.5 Å². The first-order chi connectivity index (χ1) is 12.5. The van der Waals surface area contributed by atoms with Crippen LogP contribution in [0.25, 0.3) is 0 Å². The second-order valence-corrected chi connectivity index (χ2v) is 6.42. The van der Waals surface area contributed by atoms with Crippen LogP contribution in [0, 0.1) is 6.92 Å². The number of nitrogens with one attached hydrogen (secondary N) is 1. The molecule has 1 aliphatic carbocycles. The highest BCUT2D eigenvalue weighted by Crippen LogP contribution is 2.22. The lowest BCUT2D eigenvalue weighted by Gasteiger charge is -2.18. The van der Waals surface area contributed by atoms with E-state index in [9.17, 15) is 4.79 Å². The monoisotopic (exact) mass is 349 g/mol. The standard InChI is InChI=1S/C18H19N7O/c1-11-4-3-5-12(8-11)16(26)25-17(19)21-18(23-25)20-14-7-6-13-10-24(2)22-15(13)9-14/h3-8,10,15,22H,9H2,1-2H3,(H2,19,21,23). The Kier molecular flexibility index (Phi) is 3.89. The number of nitrogen functional groups attached to an aromatic ring is 1.